The number of thiocarbonyl (C=S) groups is 1. The van der Waals surface area contributed by atoms with Crippen molar-refractivity contribution in [3.8, 4) is 17.2 Å². The third-order valence-electron chi connectivity index (χ3n) is 5.83. The van der Waals surface area contributed by atoms with Crippen LogP contribution in [-0.4, -0.2) is 34.4 Å². The first-order valence-electron chi connectivity index (χ1n) is 11.6. The fourth-order valence-electron chi connectivity index (χ4n) is 3.99. The van der Waals surface area contributed by atoms with E-state index in [9.17, 15) is 9.59 Å². The molecule has 9 heteroatoms. The fourth-order valence-corrected chi connectivity index (χ4v) is 5.25. The number of anilines is 1. The Labute approximate surface area is 224 Å². The lowest BCUT2D eigenvalue weighted by Gasteiger charge is -2.14. The van der Waals surface area contributed by atoms with Gasteiger partial charge in [-0.25, -0.2) is 0 Å². The van der Waals surface area contributed by atoms with Crippen molar-refractivity contribution in [2.24, 2.45) is 0 Å². The predicted molar refractivity (Wildman–Crippen MR) is 148 cm³/mol. The number of hydrogen-bond donors (Lipinski definition) is 1. The number of amides is 2. The first-order valence-corrected chi connectivity index (χ1v) is 12.8. The first kappa shape index (κ1) is 24.9. The molecule has 2 aliphatic rings. The van der Waals surface area contributed by atoms with Gasteiger partial charge in [-0.15, -0.1) is 0 Å². The number of fused-ring (bicyclic) bond motifs is 1. The van der Waals surface area contributed by atoms with E-state index in [4.69, 9.17) is 26.4 Å². The van der Waals surface area contributed by atoms with Crippen LogP contribution in [0.15, 0.2) is 65.6 Å². The summed E-state index contributed by atoms with van der Waals surface area (Å²) in [6.45, 7) is 4.37. The van der Waals surface area contributed by atoms with Gasteiger partial charge in [-0.1, -0.05) is 59.9 Å². The molecule has 2 heterocycles. The molecule has 1 N–H and O–H groups in total. The number of carbonyl (C=O) groups excluding carboxylic acids is 2. The molecule has 1 fully saturated rings. The number of benzene rings is 3. The van der Waals surface area contributed by atoms with Crippen LogP contribution in [0.25, 0.3) is 6.08 Å². The molecule has 7 nitrogen and oxygen atoms in total. The van der Waals surface area contributed by atoms with Crippen LogP contribution in [0.5, 0.6) is 17.2 Å². The normalized spacial score (nSPS) is 15.4. The molecule has 0 spiro atoms. The number of hydrogen-bond acceptors (Lipinski definition) is 7. The van der Waals surface area contributed by atoms with Gasteiger partial charge in [0.25, 0.3) is 11.8 Å². The van der Waals surface area contributed by atoms with Gasteiger partial charge in [0.1, 0.15) is 10.1 Å². The molecule has 0 aliphatic carbocycles. The number of ether oxygens (including phenoxy) is 3. The zero-order valence-corrected chi connectivity index (χ0v) is 21.9. The van der Waals surface area contributed by atoms with E-state index in [0.717, 1.165) is 27.9 Å². The Balaban J connectivity index is 1.21. The maximum Gasteiger partial charge on any atom is 0.266 e. The van der Waals surface area contributed by atoms with Crippen molar-refractivity contribution in [1.82, 2.24) is 4.90 Å². The lowest BCUT2D eigenvalue weighted by molar-refractivity contribution is -0.122. The zero-order chi connectivity index (χ0) is 25.9. The predicted octanol–water partition coefficient (Wildman–Crippen LogP) is 5.45. The van der Waals surface area contributed by atoms with Gasteiger partial charge in [-0.2, -0.15) is 0 Å². The van der Waals surface area contributed by atoms with Crippen molar-refractivity contribution in [2.45, 2.75) is 20.4 Å². The summed E-state index contributed by atoms with van der Waals surface area (Å²) in [6.07, 6.45) is 1.78. The molecule has 0 saturated carbocycles. The summed E-state index contributed by atoms with van der Waals surface area (Å²) in [5, 5.41) is 2.87. The van der Waals surface area contributed by atoms with E-state index in [1.54, 1.807) is 23.1 Å². The van der Waals surface area contributed by atoms with Crippen LogP contribution in [0, 0.1) is 13.8 Å². The van der Waals surface area contributed by atoms with Crippen LogP contribution < -0.4 is 19.5 Å². The number of carbonyl (C=O) groups is 2. The second-order valence-corrected chi connectivity index (χ2v) is 10.4. The number of nitrogens with zero attached hydrogens (tertiary/aromatic N) is 1. The molecule has 0 bridgehead atoms. The summed E-state index contributed by atoms with van der Waals surface area (Å²) in [5.41, 5.74) is 4.56. The van der Waals surface area contributed by atoms with Crippen LogP contribution in [0.2, 0.25) is 0 Å². The maximum absolute atomic E-state index is 13.1. The van der Waals surface area contributed by atoms with Gasteiger partial charge in [0.2, 0.25) is 6.79 Å². The van der Waals surface area contributed by atoms with Crippen LogP contribution in [0.1, 0.15) is 22.3 Å². The molecule has 3 aromatic carbocycles. The highest BCUT2D eigenvalue weighted by Crippen LogP contribution is 2.36. The summed E-state index contributed by atoms with van der Waals surface area (Å²) in [6, 6.07) is 18.7. The Morgan fingerprint density at radius 2 is 1.95 bits per heavy atom. The molecule has 3 aromatic rings. The minimum Gasteiger partial charge on any atom is -0.484 e. The summed E-state index contributed by atoms with van der Waals surface area (Å²) in [5.74, 6) is 1.48. The molecular weight excluding hydrogens is 508 g/mol. The summed E-state index contributed by atoms with van der Waals surface area (Å²) in [4.78, 5) is 27.6. The van der Waals surface area contributed by atoms with Gasteiger partial charge < -0.3 is 19.5 Å². The lowest BCUT2D eigenvalue weighted by atomic mass is 10.1. The van der Waals surface area contributed by atoms with E-state index in [-0.39, 0.29) is 25.2 Å². The Morgan fingerprint density at radius 1 is 1.11 bits per heavy atom. The number of thioether (sulfide) groups is 1. The van der Waals surface area contributed by atoms with Crippen molar-refractivity contribution in [3.63, 3.8) is 0 Å². The van der Waals surface area contributed by atoms with E-state index in [1.807, 2.05) is 62.4 Å². The smallest absolute Gasteiger partial charge is 0.266 e. The molecule has 0 atom stereocenters. The molecule has 0 unspecified atom stereocenters. The van der Waals surface area contributed by atoms with E-state index in [1.165, 1.54) is 11.8 Å². The van der Waals surface area contributed by atoms with Crippen molar-refractivity contribution in [2.75, 3.05) is 18.7 Å². The van der Waals surface area contributed by atoms with E-state index in [2.05, 4.69) is 5.32 Å². The van der Waals surface area contributed by atoms with Gasteiger partial charge in [0.15, 0.2) is 18.1 Å². The maximum atomic E-state index is 13.1. The number of aryl methyl sites for hydroxylation is 2. The van der Waals surface area contributed by atoms with Crippen molar-refractivity contribution in [3.05, 3.63) is 87.8 Å². The monoisotopic (exact) mass is 532 g/mol. The highest BCUT2D eigenvalue weighted by Gasteiger charge is 2.32. The van der Waals surface area contributed by atoms with E-state index < -0.39 is 0 Å². The van der Waals surface area contributed by atoms with Crippen molar-refractivity contribution >= 4 is 51.9 Å². The molecular formula is C28H24N2O5S2. The van der Waals surface area contributed by atoms with Crippen LogP contribution >= 0.6 is 24.0 Å². The zero-order valence-electron chi connectivity index (χ0n) is 20.3. The van der Waals surface area contributed by atoms with Crippen LogP contribution in [0.4, 0.5) is 5.69 Å². The minimum atomic E-state index is -0.248. The summed E-state index contributed by atoms with van der Waals surface area (Å²) in [7, 11) is 0. The molecule has 1 saturated heterocycles. The standard InChI is InChI=1S/C28H24N2O5S2/c1-17-6-8-22(18(2)10-17)29-26(31)15-33-21-5-3-4-19(11-21)13-25-27(32)30(28(36)37-25)14-20-7-9-23-24(12-20)35-16-34-23/h3-13H,14-16H2,1-2H3,(H,29,31)/b25-13-. The van der Waals surface area contributed by atoms with Crippen molar-refractivity contribution in [1.29, 1.82) is 0 Å². The Morgan fingerprint density at radius 3 is 2.78 bits per heavy atom. The largest absolute Gasteiger partial charge is 0.484 e. The third kappa shape index (κ3) is 5.79. The van der Waals surface area contributed by atoms with Gasteiger partial charge in [-0.05, 0) is 66.9 Å². The molecule has 37 heavy (non-hydrogen) atoms. The second kappa shape index (κ2) is 10.7. The Bertz CT molecular complexity index is 1440. The van der Waals surface area contributed by atoms with Gasteiger partial charge in [0, 0.05) is 5.69 Å². The highest BCUT2D eigenvalue weighted by molar-refractivity contribution is 8.26. The van der Waals surface area contributed by atoms with E-state index in [0.29, 0.717) is 33.0 Å². The summed E-state index contributed by atoms with van der Waals surface area (Å²) < 4.78 is 17.0. The Hall–Kier alpha value is -3.82. The number of nitrogens with one attached hydrogen (secondary N) is 1. The topological polar surface area (TPSA) is 77.1 Å². The fraction of sp³-hybridized carbons (Fsp3) is 0.179. The van der Waals surface area contributed by atoms with Crippen molar-refractivity contribution < 1.29 is 23.8 Å². The van der Waals surface area contributed by atoms with E-state index >= 15 is 0 Å². The van der Waals surface area contributed by atoms with Crippen LogP contribution in [-0.2, 0) is 16.1 Å². The van der Waals surface area contributed by atoms with Gasteiger partial charge in [0.05, 0.1) is 11.4 Å². The lowest BCUT2D eigenvalue weighted by Crippen LogP contribution is -2.27. The molecule has 0 radical (unpaired) electrons. The SMILES string of the molecule is Cc1ccc(NC(=O)COc2cccc(/C=C3\SC(=S)N(Cc4ccc5c(c4)OCO5)C3=O)c2)c(C)c1. The van der Waals surface area contributed by atoms with Gasteiger partial charge in [-0.3, -0.25) is 14.5 Å². The van der Waals surface area contributed by atoms with Crippen LogP contribution in [0.3, 0.4) is 0 Å². The molecule has 0 aromatic heterocycles. The molecule has 2 amide bonds. The molecule has 2 aliphatic heterocycles. The minimum absolute atomic E-state index is 0.131. The summed E-state index contributed by atoms with van der Waals surface area (Å²) >= 11 is 6.73. The highest BCUT2D eigenvalue weighted by atomic mass is 32.2. The third-order valence-corrected chi connectivity index (χ3v) is 7.21. The van der Waals surface area contributed by atoms with Gasteiger partial charge >= 0.3 is 0 Å². The second-order valence-electron chi connectivity index (χ2n) is 8.68. The quantitative estimate of drug-likeness (QED) is 0.320. The molecule has 188 valence electrons. The number of rotatable bonds is 7. The molecule has 5 rings (SSSR count). The Kier molecular flexibility index (Phi) is 7.16. The average molecular weight is 533 g/mol. The first-order chi connectivity index (χ1) is 17.9. The average Bonchev–Trinajstić information content (AvgIpc) is 3.44.